The van der Waals surface area contributed by atoms with Gasteiger partial charge in [0.05, 0.1) is 22.4 Å². The van der Waals surface area contributed by atoms with E-state index in [1.807, 2.05) is 32.9 Å². The Morgan fingerprint density at radius 3 is 2.39 bits per heavy atom. The van der Waals surface area contributed by atoms with E-state index < -0.39 is 36.1 Å². The first-order chi connectivity index (χ1) is 15.7. The van der Waals surface area contributed by atoms with Crippen LogP contribution in [0.1, 0.15) is 51.6 Å². The lowest BCUT2D eigenvalue weighted by molar-refractivity contribution is -0.154. The van der Waals surface area contributed by atoms with Crippen LogP contribution in [0.3, 0.4) is 0 Å². The summed E-state index contributed by atoms with van der Waals surface area (Å²) < 4.78 is 0. The third-order valence-electron chi connectivity index (χ3n) is 6.50. The predicted octanol–water partition coefficient (Wildman–Crippen LogP) is 4.54. The minimum absolute atomic E-state index is 0.122. The number of carbonyl (C=O) groups excluding carboxylic acids is 4. The van der Waals surface area contributed by atoms with Gasteiger partial charge < -0.3 is 0 Å². The number of allylic oxidation sites excluding steroid dienone is 2. The average Bonchev–Trinajstić information content (AvgIpc) is 3.03. The molecule has 0 N–H and O–H groups in total. The summed E-state index contributed by atoms with van der Waals surface area (Å²) >= 11 is 6.25. The van der Waals surface area contributed by atoms with Crippen LogP contribution < -0.4 is 0 Å². The zero-order valence-electron chi connectivity index (χ0n) is 18.8. The van der Waals surface area contributed by atoms with Crippen LogP contribution >= 0.6 is 11.6 Å². The molecule has 2 aromatic rings. The Bertz CT molecular complexity index is 1200. The van der Waals surface area contributed by atoms with Crippen LogP contribution in [0.15, 0.2) is 54.1 Å². The lowest BCUT2D eigenvalue weighted by Crippen LogP contribution is -2.52. The molecule has 0 spiro atoms. The number of hydrazine groups is 1. The summed E-state index contributed by atoms with van der Waals surface area (Å²) in [5, 5.41) is 2.03. The smallest absolute Gasteiger partial charge is 0.274 e. The molecule has 4 rings (SSSR count). The molecule has 3 amide bonds. The molecule has 7 heteroatoms. The van der Waals surface area contributed by atoms with Crippen molar-refractivity contribution in [1.29, 1.82) is 0 Å². The molecule has 170 valence electrons. The van der Waals surface area contributed by atoms with Gasteiger partial charge in [0.2, 0.25) is 0 Å². The quantitative estimate of drug-likeness (QED) is 0.370. The molecule has 1 aliphatic heterocycles. The maximum atomic E-state index is 13.5. The number of nitrogens with zero attached hydrogens (tertiary/aromatic N) is 2. The van der Waals surface area contributed by atoms with Crippen LogP contribution in [0, 0.1) is 25.7 Å². The number of hydrogen-bond donors (Lipinski definition) is 0. The SMILES string of the molecule is CC1=CC[C@@H]2C(=O)N(N(CC(=O)c3ccc(C)c(C)c3)C(=O)c3ccccc3Cl)C(=O)[C@@H]2C1. The van der Waals surface area contributed by atoms with Gasteiger partial charge in [-0.15, -0.1) is 0 Å². The maximum Gasteiger partial charge on any atom is 0.274 e. The van der Waals surface area contributed by atoms with Crippen molar-refractivity contribution < 1.29 is 19.2 Å². The Labute approximate surface area is 197 Å². The molecule has 0 unspecified atom stereocenters. The topological polar surface area (TPSA) is 74.8 Å². The average molecular weight is 465 g/mol. The van der Waals surface area contributed by atoms with Gasteiger partial charge in [-0.25, -0.2) is 5.01 Å². The maximum absolute atomic E-state index is 13.5. The van der Waals surface area contributed by atoms with Crippen LogP contribution in [-0.4, -0.2) is 40.1 Å². The highest BCUT2D eigenvalue weighted by atomic mass is 35.5. The fourth-order valence-corrected chi connectivity index (χ4v) is 4.62. The molecule has 1 fully saturated rings. The van der Waals surface area contributed by atoms with Crippen molar-refractivity contribution in [2.75, 3.05) is 6.54 Å². The lowest BCUT2D eigenvalue weighted by Gasteiger charge is -2.30. The van der Waals surface area contributed by atoms with Gasteiger partial charge in [0.1, 0.15) is 6.54 Å². The van der Waals surface area contributed by atoms with E-state index in [0.717, 1.165) is 26.7 Å². The van der Waals surface area contributed by atoms with E-state index in [9.17, 15) is 19.2 Å². The molecular formula is C26H25ClN2O4. The molecule has 0 saturated carbocycles. The number of halogens is 1. The van der Waals surface area contributed by atoms with Crippen molar-refractivity contribution in [3.63, 3.8) is 0 Å². The number of fused-ring (bicyclic) bond motifs is 1. The molecule has 2 aromatic carbocycles. The first-order valence-electron chi connectivity index (χ1n) is 10.9. The van der Waals surface area contributed by atoms with Gasteiger partial charge in [-0.2, -0.15) is 5.01 Å². The number of benzene rings is 2. The normalized spacial score (nSPS) is 19.9. The summed E-state index contributed by atoms with van der Waals surface area (Å²) in [6, 6.07) is 11.7. The Morgan fingerprint density at radius 1 is 1.00 bits per heavy atom. The minimum Gasteiger partial charge on any atom is -0.292 e. The Hall–Kier alpha value is -3.25. The summed E-state index contributed by atoms with van der Waals surface area (Å²) in [7, 11) is 0. The first kappa shape index (κ1) is 22.9. The van der Waals surface area contributed by atoms with Crippen molar-refractivity contribution in [3.05, 3.63) is 81.4 Å². The molecular weight excluding hydrogens is 440 g/mol. The standard InChI is InChI=1S/C26H25ClN2O4/c1-15-8-11-19-21(12-15)26(33)29(25(19)32)28(24(31)20-6-4-5-7-22(20)27)14-23(30)18-10-9-16(2)17(3)13-18/h4-10,13,19,21H,11-12,14H2,1-3H3/t19-,21+/m0/s1. The van der Waals surface area contributed by atoms with Gasteiger partial charge >= 0.3 is 0 Å². The fourth-order valence-electron chi connectivity index (χ4n) is 4.41. The Morgan fingerprint density at radius 2 is 1.70 bits per heavy atom. The van der Waals surface area contributed by atoms with E-state index in [4.69, 9.17) is 11.6 Å². The highest BCUT2D eigenvalue weighted by Crippen LogP contribution is 2.38. The molecule has 1 saturated heterocycles. The fraction of sp³-hybridized carbons (Fsp3) is 0.308. The van der Waals surface area contributed by atoms with Crippen LogP contribution in [0.25, 0.3) is 0 Å². The van der Waals surface area contributed by atoms with E-state index in [1.54, 1.807) is 30.3 Å². The summed E-state index contributed by atoms with van der Waals surface area (Å²) in [5.74, 6) is -3.00. The lowest BCUT2D eigenvalue weighted by atomic mass is 9.82. The van der Waals surface area contributed by atoms with E-state index in [-0.39, 0.29) is 16.4 Å². The molecule has 1 heterocycles. The third-order valence-corrected chi connectivity index (χ3v) is 6.83. The number of aryl methyl sites for hydroxylation is 2. The largest absolute Gasteiger partial charge is 0.292 e. The summed E-state index contributed by atoms with van der Waals surface area (Å²) in [6.45, 7) is 5.31. The first-order valence-corrected chi connectivity index (χ1v) is 11.3. The van der Waals surface area contributed by atoms with Crippen LogP contribution in [0.5, 0.6) is 0 Å². The van der Waals surface area contributed by atoms with Crippen LogP contribution in [0.4, 0.5) is 0 Å². The van der Waals surface area contributed by atoms with E-state index in [2.05, 4.69) is 0 Å². The number of hydrogen-bond acceptors (Lipinski definition) is 4. The molecule has 1 aliphatic carbocycles. The summed E-state index contributed by atoms with van der Waals surface area (Å²) in [4.78, 5) is 53.3. The Balaban J connectivity index is 1.72. The number of Topliss-reactive ketones (excluding diaryl/α,β-unsaturated/α-hetero) is 1. The van der Waals surface area contributed by atoms with Gasteiger partial charge in [0, 0.05) is 5.56 Å². The van der Waals surface area contributed by atoms with Crippen molar-refractivity contribution >= 4 is 35.1 Å². The van der Waals surface area contributed by atoms with Gasteiger partial charge in [-0.3, -0.25) is 19.2 Å². The zero-order valence-corrected chi connectivity index (χ0v) is 19.6. The second-order valence-corrected chi connectivity index (χ2v) is 9.16. The summed E-state index contributed by atoms with van der Waals surface area (Å²) in [6.07, 6.45) is 2.86. The number of rotatable bonds is 5. The number of amides is 3. The minimum atomic E-state index is -0.664. The van der Waals surface area contributed by atoms with Crippen LogP contribution in [-0.2, 0) is 9.59 Å². The molecule has 6 nitrogen and oxygen atoms in total. The second-order valence-electron chi connectivity index (χ2n) is 8.76. The van der Waals surface area contributed by atoms with Crippen molar-refractivity contribution in [1.82, 2.24) is 10.0 Å². The molecule has 33 heavy (non-hydrogen) atoms. The number of ketones is 1. The van der Waals surface area contributed by atoms with Gasteiger partial charge in [-0.05, 0) is 62.9 Å². The Kier molecular flexibility index (Phi) is 6.21. The predicted molar refractivity (Wildman–Crippen MR) is 125 cm³/mol. The van der Waals surface area contributed by atoms with E-state index >= 15 is 0 Å². The molecule has 0 bridgehead atoms. The summed E-state index contributed by atoms with van der Waals surface area (Å²) in [5.41, 5.74) is 3.54. The van der Waals surface area contributed by atoms with Gasteiger partial charge in [0.25, 0.3) is 17.7 Å². The molecule has 2 atom stereocenters. The number of imide groups is 1. The molecule has 0 aromatic heterocycles. The zero-order chi connectivity index (χ0) is 23.9. The highest BCUT2D eigenvalue weighted by molar-refractivity contribution is 6.34. The van der Waals surface area contributed by atoms with Gasteiger partial charge in [0.15, 0.2) is 5.78 Å². The third kappa shape index (κ3) is 4.23. The van der Waals surface area contributed by atoms with Crippen molar-refractivity contribution in [3.8, 4) is 0 Å². The van der Waals surface area contributed by atoms with E-state index in [0.29, 0.717) is 18.4 Å². The van der Waals surface area contributed by atoms with Crippen molar-refractivity contribution in [2.45, 2.75) is 33.6 Å². The van der Waals surface area contributed by atoms with Crippen LogP contribution in [0.2, 0.25) is 5.02 Å². The number of carbonyl (C=O) groups is 4. The second kappa shape index (κ2) is 8.94. The monoisotopic (exact) mass is 464 g/mol. The van der Waals surface area contributed by atoms with Gasteiger partial charge in [-0.1, -0.05) is 47.5 Å². The van der Waals surface area contributed by atoms with E-state index in [1.165, 1.54) is 6.07 Å². The van der Waals surface area contributed by atoms with Crippen molar-refractivity contribution in [2.24, 2.45) is 11.8 Å². The molecule has 2 aliphatic rings. The molecule has 0 radical (unpaired) electrons. The highest BCUT2D eigenvalue weighted by Gasteiger charge is 2.51.